The average Bonchev–Trinajstić information content (AvgIpc) is 2.98. The number of carbonyl (C=O) groups is 2. The molecule has 0 aliphatic carbocycles. The van der Waals surface area contributed by atoms with Crippen LogP contribution in [0.5, 0.6) is 34.5 Å². The topological polar surface area (TPSA) is 288 Å². The Labute approximate surface area is 242 Å². The fourth-order valence-corrected chi connectivity index (χ4v) is 5.10. The second-order valence-corrected chi connectivity index (χ2v) is 9.53. The van der Waals surface area contributed by atoms with Crippen LogP contribution in [-0.2, 0) is 13.2 Å². The SMILES string of the molecule is O=C(O)c1ccc(O)c2nc3c(CO)c(O)c(-c4c(O)c(CO)c5nc6c(O)ccc(C(=O)O)c6nc5c4O)c(O)c3nc12. The Kier molecular flexibility index (Phi) is 6.12. The molecule has 10 N–H and O–H groups in total. The smallest absolute Gasteiger partial charge is 0.337 e. The lowest BCUT2D eigenvalue weighted by Crippen LogP contribution is -2.04. The molecule has 0 fully saturated rings. The summed E-state index contributed by atoms with van der Waals surface area (Å²) in [4.78, 5) is 40.2. The number of benzene rings is 4. The van der Waals surface area contributed by atoms with E-state index in [0.29, 0.717) is 0 Å². The minimum Gasteiger partial charge on any atom is -0.507 e. The van der Waals surface area contributed by atoms with Crippen LogP contribution >= 0.6 is 0 Å². The Morgan fingerprint density at radius 2 is 0.818 bits per heavy atom. The molecule has 6 aromatic rings. The number of hydrogen-bond acceptors (Lipinski definition) is 14. The van der Waals surface area contributed by atoms with Crippen LogP contribution in [0, 0.1) is 0 Å². The largest absolute Gasteiger partial charge is 0.507 e. The van der Waals surface area contributed by atoms with Crippen LogP contribution in [-0.4, -0.2) is 82.9 Å². The Morgan fingerprint density at radius 3 is 1.14 bits per heavy atom. The first kappa shape index (κ1) is 27.9. The lowest BCUT2D eigenvalue weighted by molar-refractivity contribution is 0.0688. The molecule has 0 unspecified atom stereocenters. The summed E-state index contributed by atoms with van der Waals surface area (Å²) in [5.74, 6) is -7.75. The van der Waals surface area contributed by atoms with Crippen LogP contribution < -0.4 is 0 Å². The summed E-state index contributed by atoms with van der Waals surface area (Å²) in [5, 5.41) is 105. The summed E-state index contributed by atoms with van der Waals surface area (Å²) < 4.78 is 0. The van der Waals surface area contributed by atoms with Crippen molar-refractivity contribution in [3.8, 4) is 45.6 Å². The van der Waals surface area contributed by atoms with Gasteiger partial charge in [-0.2, -0.15) is 0 Å². The Balaban J connectivity index is 1.80. The maximum absolute atomic E-state index is 11.8. The minimum atomic E-state index is -1.46. The first-order chi connectivity index (χ1) is 20.9. The van der Waals surface area contributed by atoms with Gasteiger partial charge in [-0.3, -0.25) is 0 Å². The highest BCUT2D eigenvalue weighted by molar-refractivity contribution is 6.10. The van der Waals surface area contributed by atoms with E-state index in [4.69, 9.17) is 0 Å². The Morgan fingerprint density at radius 1 is 0.477 bits per heavy atom. The third kappa shape index (κ3) is 3.72. The van der Waals surface area contributed by atoms with E-state index in [1.807, 2.05) is 0 Å². The number of aromatic carboxylic acids is 2. The van der Waals surface area contributed by atoms with E-state index in [9.17, 15) is 60.7 Å². The van der Waals surface area contributed by atoms with Crippen LogP contribution in [0.3, 0.4) is 0 Å². The van der Waals surface area contributed by atoms with Crippen molar-refractivity contribution in [1.29, 1.82) is 0 Å². The first-order valence-corrected chi connectivity index (χ1v) is 12.4. The minimum absolute atomic E-state index is 0.336. The number of phenols is 6. The molecule has 222 valence electrons. The van der Waals surface area contributed by atoms with E-state index in [2.05, 4.69) is 19.9 Å². The number of nitrogens with zero attached hydrogens (tertiary/aromatic N) is 4. The van der Waals surface area contributed by atoms with Gasteiger partial charge in [0.2, 0.25) is 0 Å². The van der Waals surface area contributed by atoms with Crippen molar-refractivity contribution in [1.82, 2.24) is 19.9 Å². The monoisotopic (exact) mass is 602 g/mol. The number of carboxylic acids is 2. The fourth-order valence-electron chi connectivity index (χ4n) is 5.10. The summed E-state index contributed by atoms with van der Waals surface area (Å²) in [6.07, 6.45) is 0. The highest BCUT2D eigenvalue weighted by atomic mass is 16.4. The molecule has 0 aliphatic heterocycles. The van der Waals surface area contributed by atoms with Crippen molar-refractivity contribution in [2.24, 2.45) is 0 Å². The molecule has 16 heteroatoms. The molecule has 0 radical (unpaired) electrons. The number of phenolic OH excluding ortho intramolecular Hbond substituents is 4. The predicted octanol–water partition coefficient (Wildman–Crippen LogP) is 2.16. The second-order valence-electron chi connectivity index (χ2n) is 9.53. The maximum Gasteiger partial charge on any atom is 0.337 e. The number of aliphatic hydroxyl groups excluding tert-OH is 2. The van der Waals surface area contributed by atoms with Gasteiger partial charge in [-0.1, -0.05) is 0 Å². The van der Waals surface area contributed by atoms with Gasteiger partial charge >= 0.3 is 11.9 Å². The van der Waals surface area contributed by atoms with E-state index in [0.717, 1.165) is 24.3 Å². The number of aromatic nitrogens is 4. The molecule has 16 nitrogen and oxygen atoms in total. The molecule has 0 saturated carbocycles. The number of carboxylic acid groups (broad SMARTS) is 2. The van der Waals surface area contributed by atoms with Gasteiger partial charge in [-0.15, -0.1) is 0 Å². The quantitative estimate of drug-likeness (QED) is 0.126. The van der Waals surface area contributed by atoms with Gasteiger partial charge in [-0.05, 0) is 24.3 Å². The van der Waals surface area contributed by atoms with Crippen molar-refractivity contribution < 1.29 is 60.7 Å². The van der Waals surface area contributed by atoms with Crippen molar-refractivity contribution in [3.63, 3.8) is 0 Å². The van der Waals surface area contributed by atoms with Gasteiger partial charge in [0.1, 0.15) is 67.1 Å². The average molecular weight is 602 g/mol. The van der Waals surface area contributed by atoms with Gasteiger partial charge in [0.25, 0.3) is 0 Å². The number of aromatic hydroxyl groups is 6. The molecule has 6 rings (SSSR count). The molecule has 0 amide bonds. The standard InChI is InChI=1S/C28H18N4O12/c33-5-9-17-21(31-15-7(27(41)42)1-3-11(35)19(15)29-17)25(39)13(23(9)37)14-24(38)10(6-34)18-22(26(14)40)32-16-8(28(43)44)2-4-12(36)20(16)30-18/h1-4,33-40H,5-6H2,(H,41,42)(H,43,44). The number of hydrogen-bond donors (Lipinski definition) is 10. The third-order valence-corrected chi connectivity index (χ3v) is 7.17. The molecule has 2 aromatic heterocycles. The summed E-state index contributed by atoms with van der Waals surface area (Å²) in [6.45, 7) is -1.94. The zero-order valence-electron chi connectivity index (χ0n) is 21.8. The molecule has 0 atom stereocenters. The Bertz CT molecular complexity index is 2130. The van der Waals surface area contributed by atoms with Crippen LogP contribution in [0.25, 0.3) is 55.3 Å². The van der Waals surface area contributed by atoms with E-state index in [1.54, 1.807) is 0 Å². The Hall–Kier alpha value is -6.26. The van der Waals surface area contributed by atoms with Gasteiger partial charge in [-0.25, -0.2) is 29.5 Å². The summed E-state index contributed by atoms with van der Waals surface area (Å²) in [5.41, 5.74) is -6.43. The van der Waals surface area contributed by atoms with E-state index >= 15 is 0 Å². The molecule has 44 heavy (non-hydrogen) atoms. The summed E-state index contributed by atoms with van der Waals surface area (Å²) in [7, 11) is 0. The molecule has 4 aromatic carbocycles. The summed E-state index contributed by atoms with van der Waals surface area (Å²) in [6, 6.07) is 4.15. The lowest BCUT2D eigenvalue weighted by atomic mass is 9.93. The third-order valence-electron chi connectivity index (χ3n) is 7.17. The zero-order chi connectivity index (χ0) is 31.8. The molecular formula is C28H18N4O12. The van der Waals surface area contributed by atoms with Crippen LogP contribution in [0.2, 0.25) is 0 Å². The van der Waals surface area contributed by atoms with E-state index < -0.39 is 104 Å². The van der Waals surface area contributed by atoms with E-state index in [1.165, 1.54) is 0 Å². The lowest BCUT2D eigenvalue weighted by Gasteiger charge is -2.19. The predicted molar refractivity (Wildman–Crippen MR) is 149 cm³/mol. The molecule has 0 saturated heterocycles. The van der Waals surface area contributed by atoms with Crippen molar-refractivity contribution in [2.45, 2.75) is 13.2 Å². The highest BCUT2D eigenvalue weighted by Crippen LogP contribution is 2.54. The maximum atomic E-state index is 11.8. The molecule has 0 spiro atoms. The normalized spacial score (nSPS) is 11.6. The van der Waals surface area contributed by atoms with Crippen LogP contribution in [0.4, 0.5) is 0 Å². The number of aliphatic hydroxyl groups is 2. The first-order valence-electron chi connectivity index (χ1n) is 12.4. The van der Waals surface area contributed by atoms with Crippen molar-refractivity contribution >= 4 is 56.1 Å². The fraction of sp³-hybridized carbons (Fsp3) is 0.0714. The van der Waals surface area contributed by atoms with E-state index in [-0.39, 0.29) is 33.1 Å². The van der Waals surface area contributed by atoms with Crippen LogP contribution in [0.15, 0.2) is 24.3 Å². The van der Waals surface area contributed by atoms with Crippen molar-refractivity contribution in [3.05, 3.63) is 46.5 Å². The molecule has 0 aliphatic rings. The van der Waals surface area contributed by atoms with Gasteiger partial charge < -0.3 is 51.1 Å². The molecule has 2 heterocycles. The molecule has 0 bridgehead atoms. The van der Waals surface area contributed by atoms with Gasteiger partial charge in [0.15, 0.2) is 11.5 Å². The van der Waals surface area contributed by atoms with Crippen LogP contribution in [0.1, 0.15) is 31.8 Å². The molecular weight excluding hydrogens is 584 g/mol. The van der Waals surface area contributed by atoms with Gasteiger partial charge in [0, 0.05) is 11.1 Å². The second kappa shape index (κ2) is 9.65. The van der Waals surface area contributed by atoms with Gasteiger partial charge in [0.05, 0.1) is 35.5 Å². The highest BCUT2D eigenvalue weighted by Gasteiger charge is 2.31. The number of rotatable bonds is 5. The summed E-state index contributed by atoms with van der Waals surface area (Å²) >= 11 is 0. The van der Waals surface area contributed by atoms with Crippen molar-refractivity contribution in [2.75, 3.05) is 0 Å². The zero-order valence-corrected chi connectivity index (χ0v) is 21.8. The number of fused-ring (bicyclic) bond motifs is 4.